The predicted molar refractivity (Wildman–Crippen MR) is 175 cm³/mol. The molecular formula is Al14Ca12O33. The van der Waals surface area contributed by atoms with Crippen molar-refractivity contribution in [3.63, 3.8) is 0 Å². The molecule has 33 nitrogen and oxygen atoms in total. The molecule has 0 N–H and O–H groups in total. The van der Waals surface area contributed by atoms with Gasteiger partial charge in [-0.3, -0.25) is 0 Å². The van der Waals surface area contributed by atoms with Crippen LogP contribution in [-0.2, 0) is 90.3 Å². The third-order valence-electron chi connectivity index (χ3n) is 0.778. The van der Waals surface area contributed by atoms with E-state index in [0.29, 0.717) is 0 Å². The Balaban J connectivity index is -0.0000000172. The second-order valence-electron chi connectivity index (χ2n) is 2.30. The average molecular weight is 1390 g/mol. The minimum absolute atomic E-state index is 0.125. The fourth-order valence-corrected chi connectivity index (χ4v) is 1.43. The van der Waals surface area contributed by atoms with Gasteiger partial charge in [-0.15, -0.1) is 0 Å². The molecule has 0 spiro atoms. The van der Waals surface area contributed by atoms with Gasteiger partial charge in [-0.2, -0.15) is 0 Å². The van der Waals surface area contributed by atoms with Crippen LogP contribution < -0.4 is 0 Å². The summed E-state index contributed by atoms with van der Waals surface area (Å²) in [5, 5.41) is 0. The summed E-state index contributed by atoms with van der Waals surface area (Å²) in [6.45, 7) is 0. The van der Waals surface area contributed by atoms with Crippen molar-refractivity contribution in [3.05, 3.63) is 0 Å². The van der Waals surface area contributed by atoms with Crippen LogP contribution in [0.5, 0.6) is 0 Å². The SMILES string of the molecule is [O]=[Al][O][Al]=[O].[O]=[Al][O][Al]=[O].[O]=[Al][O][Al]=[O].[O]=[Al][O][Al]=[O].[O]=[Al][O][Al]=[O].[O]=[Al][O][Al]=[O].[O]=[Al][O][Al]=[O].[O]=[Ca].[O]=[Ca].[O]=[Ca].[O]=[Ca].[O]=[Ca].[O]=[Ca].[O]=[Ca].[O]=[Ca].[O]=[Ca].[O]=[Ca].[O]=[Ca].[O]=[Ca]. The maximum atomic E-state index is 9.21. The summed E-state index contributed by atoms with van der Waals surface area (Å²) < 4.78 is 257. The van der Waals surface area contributed by atoms with Gasteiger partial charge in [0, 0.05) is 0 Å². The molecule has 0 bridgehead atoms. The molecule has 0 saturated carbocycles. The third kappa shape index (κ3) is 427. The van der Waals surface area contributed by atoms with Gasteiger partial charge in [-0.25, -0.2) is 0 Å². The molecule has 0 aromatic heterocycles. The average Bonchev–Trinajstić information content (AvgIpc) is 3.35. The van der Waals surface area contributed by atoms with Gasteiger partial charge in [0.1, 0.15) is 0 Å². The van der Waals surface area contributed by atoms with Crippen LogP contribution in [0.25, 0.3) is 0 Å². The first-order chi connectivity index (χ1) is 28.9. The molecule has 0 amide bonds. The molecule has 0 aliphatic carbocycles. The van der Waals surface area contributed by atoms with E-state index in [0.717, 1.165) is 0 Å². The van der Waals surface area contributed by atoms with Gasteiger partial charge >= 0.3 is 738 Å². The molecule has 59 heteroatoms. The van der Waals surface area contributed by atoms with Gasteiger partial charge < -0.3 is 0 Å². The Bertz CT molecular complexity index is 557. The molecule has 0 radical (unpaired) electrons. The molecular weight excluding hydrogens is 1390 g/mol. The summed E-state index contributed by atoms with van der Waals surface area (Å²) in [4.78, 5) is 0. The van der Waals surface area contributed by atoms with Gasteiger partial charge in [0.05, 0.1) is 0 Å². The number of hydrogen-bond donors (Lipinski definition) is 0. The summed E-state index contributed by atoms with van der Waals surface area (Å²) in [6.07, 6.45) is 0. The van der Waals surface area contributed by atoms with Crippen LogP contribution >= 0.6 is 0 Å². The molecule has 0 unspecified atom stereocenters. The first-order valence-electron chi connectivity index (χ1n) is 10.1. The third-order valence-corrected chi connectivity index (χ3v) is 7.00. The zero-order chi connectivity index (χ0) is 52.8. The standard InChI is InChI=1S/14Al.12Ca.33O. The van der Waals surface area contributed by atoms with Crippen molar-refractivity contribution < 1.29 is 90.3 Å². The summed E-state index contributed by atoms with van der Waals surface area (Å²) in [5.41, 5.74) is 0. The fourth-order valence-electron chi connectivity index (χ4n) is 0.159. The van der Waals surface area contributed by atoms with Crippen molar-refractivity contribution in [1.29, 1.82) is 0 Å². The Kier molecular flexibility index (Phi) is 640. The van der Waals surface area contributed by atoms with E-state index in [1.807, 2.05) is 0 Å². The van der Waals surface area contributed by atoms with Gasteiger partial charge in [0.15, 0.2) is 0 Å². The van der Waals surface area contributed by atoms with E-state index in [1.165, 1.54) is 0 Å². The zero-order valence-electron chi connectivity index (χ0n) is 30.0. The van der Waals surface area contributed by atoms with E-state index >= 15 is 0 Å². The molecule has 0 saturated heterocycles. The summed E-state index contributed by atoms with van der Waals surface area (Å²) >= 11 is -15.9. The normalized spacial score (nSPS) is 3.59. The Morgan fingerprint density at radius 3 is 0.169 bits per heavy atom. The van der Waals surface area contributed by atoms with Crippen molar-refractivity contribution in [1.82, 2.24) is 0 Å². The second-order valence-corrected chi connectivity index (χ2v) is 12.6. The molecule has 59 heavy (non-hydrogen) atoms. The van der Waals surface area contributed by atoms with Crippen molar-refractivity contribution in [2.45, 2.75) is 0 Å². The summed E-state index contributed by atoms with van der Waals surface area (Å²) in [5.74, 6) is 0. The van der Waals surface area contributed by atoms with Crippen LogP contribution in [0.2, 0.25) is 0 Å². The quantitative estimate of drug-likeness (QED) is 0.146. The van der Waals surface area contributed by atoms with Crippen molar-refractivity contribution >= 4 is 647 Å². The minimum atomic E-state index is -1.24. The van der Waals surface area contributed by atoms with E-state index < -0.39 is 217 Å². The van der Waals surface area contributed by atoms with Crippen LogP contribution in [0.4, 0.5) is 0 Å². The van der Waals surface area contributed by atoms with E-state index in [-0.39, 0.29) is 431 Å². The zero-order valence-corrected chi connectivity index (χ0v) is 72.7. The van der Waals surface area contributed by atoms with Gasteiger partial charge in [-0.1, -0.05) is 0 Å². The molecule has 0 heterocycles. The first kappa shape index (κ1) is 131. The molecule has 0 atom stereocenters. The first-order valence-corrected chi connectivity index (χ1v) is 34.1. The van der Waals surface area contributed by atoms with Crippen molar-refractivity contribution in [2.24, 2.45) is 0 Å². The molecule has 0 aromatic carbocycles. The molecule has 0 aliphatic rings. The van der Waals surface area contributed by atoms with Gasteiger partial charge in [0.25, 0.3) is 0 Å². The van der Waals surface area contributed by atoms with Crippen molar-refractivity contribution in [2.75, 3.05) is 0 Å². The molecule has 0 fully saturated rings. The number of rotatable bonds is 14. The fraction of sp³-hybridized carbons (Fsp3) is 0. The molecule has 0 aromatic rings. The predicted octanol–water partition coefficient (Wildman–Crippen LogP) is -13.5. The van der Waals surface area contributed by atoms with Gasteiger partial charge in [0.2, 0.25) is 0 Å². The summed E-state index contributed by atoms with van der Waals surface area (Å²) in [6, 6.07) is 0. The molecule has 0 rings (SSSR count). The molecule has 0 aliphatic heterocycles. The van der Waals surface area contributed by atoms with E-state index in [2.05, 4.69) is 19.9 Å². The number of hydrogen-bond acceptors (Lipinski definition) is 33. The Hall–Kier alpha value is 16.0. The van der Waals surface area contributed by atoms with Crippen LogP contribution in [0.15, 0.2) is 0 Å². The topological polar surface area (TPSA) is 508 Å². The van der Waals surface area contributed by atoms with Crippen LogP contribution in [0.3, 0.4) is 0 Å². The van der Waals surface area contributed by atoms with E-state index in [9.17, 15) is 53.2 Å². The monoisotopic (exact) mass is 1390 g/mol. The molecule has 264 valence electrons. The van der Waals surface area contributed by atoms with Crippen molar-refractivity contribution in [3.8, 4) is 0 Å². The van der Waals surface area contributed by atoms with Crippen LogP contribution in [-0.4, -0.2) is 647 Å². The van der Waals surface area contributed by atoms with Crippen LogP contribution in [0, 0.1) is 0 Å². The second kappa shape index (κ2) is 288. The Morgan fingerprint density at radius 2 is 0.169 bits per heavy atom. The van der Waals surface area contributed by atoms with Gasteiger partial charge in [-0.05, 0) is 0 Å². The van der Waals surface area contributed by atoms with Crippen LogP contribution in [0.1, 0.15) is 0 Å². The maximum absolute atomic E-state index is 9.21. The Morgan fingerprint density at radius 1 is 0.136 bits per heavy atom. The Labute approximate surface area is 713 Å². The van der Waals surface area contributed by atoms with E-state index in [4.69, 9.17) is 17.2 Å². The van der Waals surface area contributed by atoms with E-state index in [1.54, 1.807) is 0 Å². The summed E-state index contributed by atoms with van der Waals surface area (Å²) in [7, 11) is 0.